The molecule has 103 valence electrons. The van der Waals surface area contributed by atoms with Crippen molar-refractivity contribution >= 4 is 5.91 Å². The number of halogens is 5. The van der Waals surface area contributed by atoms with Crippen LogP contribution in [0.5, 0.6) is 0 Å². The van der Waals surface area contributed by atoms with Crippen molar-refractivity contribution in [3.63, 3.8) is 0 Å². The molecule has 0 spiro atoms. The summed E-state index contributed by atoms with van der Waals surface area (Å²) in [5.74, 6) is -14.3. The highest BCUT2D eigenvalue weighted by molar-refractivity contribution is 5.95. The minimum Gasteiger partial charge on any atom is -0.465 e. The molecule has 0 aromatic heterocycles. The van der Waals surface area contributed by atoms with Crippen LogP contribution in [0.1, 0.15) is 10.4 Å². The van der Waals surface area contributed by atoms with Gasteiger partial charge >= 0.3 is 5.95 Å². The number of ether oxygens (including phenoxy) is 1. The second kappa shape index (κ2) is 5.55. The summed E-state index contributed by atoms with van der Waals surface area (Å²) in [6, 6.07) is 0. The quantitative estimate of drug-likeness (QED) is 0.399. The first-order chi connectivity index (χ1) is 8.81. The molecule has 1 aromatic carbocycles. The second-order valence-corrected chi connectivity index (χ2v) is 3.09. The van der Waals surface area contributed by atoms with E-state index in [1.54, 1.807) is 0 Å². The monoisotopic (exact) mass is 282 g/mol. The maximum absolute atomic E-state index is 13.1. The number of hydrogen-bond donors (Lipinski definition) is 1. The van der Waals surface area contributed by atoms with Crippen molar-refractivity contribution in [3.05, 3.63) is 46.8 Å². The van der Waals surface area contributed by atoms with E-state index < -0.39 is 46.5 Å². The van der Waals surface area contributed by atoms with E-state index in [4.69, 9.17) is 0 Å². The topological polar surface area (TPSA) is 58.2 Å². The summed E-state index contributed by atoms with van der Waals surface area (Å²) in [7, 11) is 0.948. The van der Waals surface area contributed by atoms with E-state index >= 15 is 0 Å². The Kier molecular flexibility index (Phi) is 4.30. The van der Waals surface area contributed by atoms with Crippen molar-refractivity contribution in [3.8, 4) is 0 Å². The largest absolute Gasteiger partial charge is 0.465 e. The normalized spacial score (nSPS) is 11.4. The van der Waals surface area contributed by atoms with Crippen LogP contribution in [0.2, 0.25) is 0 Å². The Morgan fingerprint density at radius 2 is 1.42 bits per heavy atom. The minimum atomic E-state index is -2.39. The van der Waals surface area contributed by atoms with E-state index in [9.17, 15) is 31.9 Å². The molecule has 1 rings (SSSR count). The van der Waals surface area contributed by atoms with Gasteiger partial charge in [-0.1, -0.05) is 0 Å². The molecule has 1 N–H and O–H groups in total. The number of methoxy groups -OCH3 is 1. The lowest BCUT2D eigenvalue weighted by atomic mass is 10.1. The number of carbonyl (C=O) groups excluding carboxylic acids is 1. The molecule has 19 heavy (non-hydrogen) atoms. The highest BCUT2D eigenvalue weighted by Gasteiger charge is 2.29. The van der Waals surface area contributed by atoms with Crippen molar-refractivity contribution in [2.45, 2.75) is 0 Å². The maximum atomic E-state index is 13.1. The van der Waals surface area contributed by atoms with Crippen LogP contribution in [0.4, 0.5) is 22.0 Å². The van der Waals surface area contributed by atoms with Gasteiger partial charge in [-0.2, -0.15) is 0 Å². The molecule has 0 aliphatic carbocycles. The van der Waals surface area contributed by atoms with Gasteiger partial charge in [0.25, 0.3) is 5.91 Å². The Labute approximate surface area is 103 Å². The first-order valence-electron chi connectivity index (χ1n) is 4.54. The van der Waals surface area contributed by atoms with E-state index in [0.29, 0.717) is 6.20 Å². The summed E-state index contributed by atoms with van der Waals surface area (Å²) in [4.78, 5) is 11.2. The third-order valence-electron chi connectivity index (χ3n) is 1.96. The van der Waals surface area contributed by atoms with Gasteiger partial charge in [-0.25, -0.2) is 27.1 Å². The Bertz CT molecular complexity index is 530. The van der Waals surface area contributed by atoms with Crippen molar-refractivity contribution in [1.82, 2.24) is 5.32 Å². The summed E-state index contributed by atoms with van der Waals surface area (Å²) < 4.78 is 68.6. The molecule has 0 aliphatic rings. The number of amides is 1. The average Bonchev–Trinajstić information content (AvgIpc) is 2.40. The molecule has 0 bridgehead atoms. The summed E-state index contributed by atoms with van der Waals surface area (Å²) in [6.45, 7) is 0. The van der Waals surface area contributed by atoms with Crippen molar-refractivity contribution in [2.24, 2.45) is 0 Å². The van der Waals surface area contributed by atoms with Gasteiger partial charge < -0.3 is 10.1 Å². The molecule has 1 radical (unpaired) electrons. The molecular weight excluding hydrogens is 277 g/mol. The van der Waals surface area contributed by atoms with Crippen molar-refractivity contribution < 1.29 is 36.6 Å². The van der Waals surface area contributed by atoms with Crippen LogP contribution < -0.4 is 5.32 Å². The summed E-state index contributed by atoms with van der Waals surface area (Å²) >= 11 is 0. The molecule has 1 amide bonds. The molecule has 0 atom stereocenters. The number of benzene rings is 1. The fourth-order valence-corrected chi connectivity index (χ4v) is 1.06. The van der Waals surface area contributed by atoms with Crippen LogP contribution in [0.15, 0.2) is 12.1 Å². The van der Waals surface area contributed by atoms with Gasteiger partial charge in [0.05, 0.1) is 13.3 Å². The Hall–Kier alpha value is -2.32. The van der Waals surface area contributed by atoms with Gasteiger partial charge in [-0.05, 0) is 0 Å². The SMILES string of the molecule is COC([O])=CNC(=O)c1c(F)c(F)c(F)c(F)c1F. The Balaban J connectivity index is 3.25. The standard InChI is InChI=1S/C10H5F5NO3/c1-19-3(17)2-16-10(18)4-5(11)7(13)9(15)8(14)6(4)12/h2H,1H3,(H,16,18). The van der Waals surface area contributed by atoms with Crippen LogP contribution in [-0.4, -0.2) is 13.0 Å². The fourth-order valence-electron chi connectivity index (χ4n) is 1.06. The van der Waals surface area contributed by atoms with E-state index in [1.165, 1.54) is 5.32 Å². The van der Waals surface area contributed by atoms with E-state index in [1.807, 2.05) is 0 Å². The molecule has 0 heterocycles. The zero-order valence-corrected chi connectivity index (χ0v) is 9.19. The second-order valence-electron chi connectivity index (χ2n) is 3.09. The molecule has 0 saturated heterocycles. The van der Waals surface area contributed by atoms with Crippen molar-refractivity contribution in [1.29, 1.82) is 0 Å². The lowest BCUT2D eigenvalue weighted by Gasteiger charge is -2.06. The predicted molar refractivity (Wildman–Crippen MR) is 49.5 cm³/mol. The lowest BCUT2D eigenvalue weighted by Crippen LogP contribution is -2.23. The maximum Gasteiger partial charge on any atom is 0.346 e. The van der Waals surface area contributed by atoms with E-state index in [0.717, 1.165) is 7.11 Å². The molecule has 0 unspecified atom stereocenters. The molecular formula is C10H5F5NO3. The zero-order valence-electron chi connectivity index (χ0n) is 9.19. The molecule has 4 nitrogen and oxygen atoms in total. The molecule has 0 fully saturated rings. The number of carbonyl (C=O) groups is 1. The lowest BCUT2D eigenvalue weighted by molar-refractivity contribution is 0.0804. The number of rotatable bonds is 3. The average molecular weight is 282 g/mol. The molecule has 9 heteroatoms. The van der Waals surface area contributed by atoms with Gasteiger partial charge in [-0.15, -0.1) is 0 Å². The van der Waals surface area contributed by atoms with Gasteiger partial charge in [0.15, 0.2) is 23.3 Å². The van der Waals surface area contributed by atoms with E-state index in [2.05, 4.69) is 4.74 Å². The van der Waals surface area contributed by atoms with E-state index in [-0.39, 0.29) is 0 Å². The van der Waals surface area contributed by atoms with Crippen LogP contribution >= 0.6 is 0 Å². The first-order valence-corrected chi connectivity index (χ1v) is 4.54. The van der Waals surface area contributed by atoms with Crippen LogP contribution in [0, 0.1) is 29.1 Å². The van der Waals surface area contributed by atoms with Crippen molar-refractivity contribution in [2.75, 3.05) is 7.11 Å². The molecule has 1 aromatic rings. The van der Waals surface area contributed by atoms with Crippen LogP contribution in [0.25, 0.3) is 0 Å². The smallest absolute Gasteiger partial charge is 0.346 e. The number of nitrogens with one attached hydrogen (secondary N) is 1. The predicted octanol–water partition coefficient (Wildman–Crippen LogP) is 1.99. The van der Waals surface area contributed by atoms with Crippen LogP contribution in [0.3, 0.4) is 0 Å². The van der Waals surface area contributed by atoms with Gasteiger partial charge in [0.1, 0.15) is 5.56 Å². The molecule has 0 aliphatic heterocycles. The number of hydrogen-bond acceptors (Lipinski definition) is 2. The Morgan fingerprint density at radius 3 is 1.84 bits per heavy atom. The van der Waals surface area contributed by atoms with Crippen LogP contribution in [-0.2, 0) is 9.84 Å². The molecule has 0 saturated carbocycles. The fraction of sp³-hybridized carbons (Fsp3) is 0.100. The highest BCUT2D eigenvalue weighted by Crippen LogP contribution is 2.22. The summed E-state index contributed by atoms with van der Waals surface area (Å²) in [5.41, 5.74) is -1.70. The van der Waals surface area contributed by atoms with Gasteiger partial charge in [0.2, 0.25) is 5.82 Å². The first kappa shape index (κ1) is 14.7. The third-order valence-corrected chi connectivity index (χ3v) is 1.96. The zero-order chi connectivity index (χ0) is 14.7. The minimum absolute atomic E-state index is 0.361. The summed E-state index contributed by atoms with van der Waals surface area (Å²) in [6.07, 6.45) is 0.361. The van der Waals surface area contributed by atoms with Gasteiger partial charge in [0, 0.05) is 0 Å². The Morgan fingerprint density at radius 1 is 1.00 bits per heavy atom. The third kappa shape index (κ3) is 2.75. The summed E-state index contributed by atoms with van der Waals surface area (Å²) in [5, 5.41) is 12.1. The van der Waals surface area contributed by atoms with Gasteiger partial charge in [-0.3, -0.25) is 4.79 Å². The highest BCUT2D eigenvalue weighted by atomic mass is 19.2.